The smallest absolute Gasteiger partial charge is 0.234 e. The standard InChI is InChI=1S/C15H21N3O3/c16-12-3-5-18(6-4-12)9-15(19)17-8-11-1-2-13-14(7-11)21-10-20-13/h1-2,7,12H,3-6,8-10,16H2,(H,17,19). The lowest BCUT2D eigenvalue weighted by Crippen LogP contribution is -2.44. The van der Waals surface area contributed by atoms with E-state index in [1.165, 1.54) is 0 Å². The first-order valence-electron chi connectivity index (χ1n) is 7.34. The largest absolute Gasteiger partial charge is 0.454 e. The van der Waals surface area contributed by atoms with Crippen molar-refractivity contribution in [3.8, 4) is 11.5 Å². The van der Waals surface area contributed by atoms with Gasteiger partial charge < -0.3 is 20.5 Å². The van der Waals surface area contributed by atoms with Gasteiger partial charge in [-0.25, -0.2) is 0 Å². The van der Waals surface area contributed by atoms with Crippen LogP contribution >= 0.6 is 0 Å². The molecule has 2 aliphatic heterocycles. The highest BCUT2D eigenvalue weighted by molar-refractivity contribution is 5.78. The van der Waals surface area contributed by atoms with Gasteiger partial charge in [-0.3, -0.25) is 9.69 Å². The lowest BCUT2D eigenvalue weighted by molar-refractivity contribution is -0.122. The Balaban J connectivity index is 1.45. The summed E-state index contributed by atoms with van der Waals surface area (Å²) in [5.74, 6) is 1.55. The Morgan fingerprint density at radius 2 is 2.05 bits per heavy atom. The molecule has 1 aromatic carbocycles. The minimum Gasteiger partial charge on any atom is -0.454 e. The second-order valence-corrected chi connectivity index (χ2v) is 5.58. The monoisotopic (exact) mass is 291 g/mol. The Kier molecular flexibility index (Phi) is 4.26. The van der Waals surface area contributed by atoms with Crippen molar-refractivity contribution in [3.63, 3.8) is 0 Å². The van der Waals surface area contributed by atoms with Crippen LogP contribution in [0, 0.1) is 0 Å². The van der Waals surface area contributed by atoms with Gasteiger partial charge >= 0.3 is 0 Å². The van der Waals surface area contributed by atoms with E-state index in [1.807, 2.05) is 18.2 Å². The fourth-order valence-corrected chi connectivity index (χ4v) is 2.62. The Hall–Kier alpha value is -1.79. The molecule has 0 aromatic heterocycles. The molecule has 6 heteroatoms. The van der Waals surface area contributed by atoms with Crippen LogP contribution in [0.5, 0.6) is 11.5 Å². The Morgan fingerprint density at radius 3 is 2.86 bits per heavy atom. The van der Waals surface area contributed by atoms with Crippen molar-refractivity contribution in [1.29, 1.82) is 0 Å². The van der Waals surface area contributed by atoms with Crippen LogP contribution in [0.1, 0.15) is 18.4 Å². The second-order valence-electron chi connectivity index (χ2n) is 5.58. The molecule has 0 atom stereocenters. The van der Waals surface area contributed by atoms with Gasteiger partial charge in [-0.15, -0.1) is 0 Å². The zero-order valence-electron chi connectivity index (χ0n) is 12.0. The van der Waals surface area contributed by atoms with E-state index in [4.69, 9.17) is 15.2 Å². The lowest BCUT2D eigenvalue weighted by atomic mass is 10.1. The molecule has 2 aliphatic rings. The van der Waals surface area contributed by atoms with Gasteiger partial charge in [0.05, 0.1) is 6.54 Å². The summed E-state index contributed by atoms with van der Waals surface area (Å²) in [7, 11) is 0. The van der Waals surface area contributed by atoms with Gasteiger partial charge in [0.25, 0.3) is 0 Å². The molecule has 0 radical (unpaired) electrons. The van der Waals surface area contributed by atoms with Crippen LogP contribution in [0.4, 0.5) is 0 Å². The molecule has 0 aliphatic carbocycles. The molecule has 1 saturated heterocycles. The van der Waals surface area contributed by atoms with E-state index in [-0.39, 0.29) is 18.7 Å². The zero-order valence-corrected chi connectivity index (χ0v) is 12.0. The number of carbonyl (C=O) groups is 1. The van der Waals surface area contributed by atoms with E-state index in [1.54, 1.807) is 0 Å². The van der Waals surface area contributed by atoms with E-state index < -0.39 is 0 Å². The van der Waals surface area contributed by atoms with Crippen LogP contribution in [-0.4, -0.2) is 43.3 Å². The number of nitrogens with zero attached hydrogens (tertiary/aromatic N) is 1. The predicted octanol–water partition coefficient (Wildman–Crippen LogP) is 0.455. The SMILES string of the molecule is NC1CCN(CC(=O)NCc2ccc3c(c2)OCO3)CC1. The first kappa shape index (κ1) is 14.2. The maximum atomic E-state index is 12.0. The van der Waals surface area contributed by atoms with Crippen molar-refractivity contribution < 1.29 is 14.3 Å². The van der Waals surface area contributed by atoms with Gasteiger partial charge in [0.1, 0.15) is 0 Å². The van der Waals surface area contributed by atoms with Crippen LogP contribution in [0.15, 0.2) is 18.2 Å². The number of carbonyl (C=O) groups excluding carboxylic acids is 1. The number of hydrogen-bond donors (Lipinski definition) is 2. The number of likely N-dealkylation sites (tertiary alicyclic amines) is 1. The Labute approximate surface area is 124 Å². The highest BCUT2D eigenvalue weighted by Crippen LogP contribution is 2.32. The lowest BCUT2D eigenvalue weighted by Gasteiger charge is -2.29. The molecule has 3 rings (SSSR count). The molecule has 0 saturated carbocycles. The van der Waals surface area contributed by atoms with E-state index in [2.05, 4.69) is 10.2 Å². The molecule has 21 heavy (non-hydrogen) atoms. The van der Waals surface area contributed by atoms with Crippen LogP contribution in [0.3, 0.4) is 0 Å². The molecule has 0 bridgehead atoms. The van der Waals surface area contributed by atoms with Crippen LogP contribution < -0.4 is 20.5 Å². The fourth-order valence-electron chi connectivity index (χ4n) is 2.62. The van der Waals surface area contributed by atoms with Gasteiger partial charge in [0, 0.05) is 25.7 Å². The maximum absolute atomic E-state index is 12.0. The Bertz CT molecular complexity index is 513. The van der Waals surface area contributed by atoms with Crippen molar-refractivity contribution in [3.05, 3.63) is 23.8 Å². The summed E-state index contributed by atoms with van der Waals surface area (Å²) in [4.78, 5) is 14.1. The maximum Gasteiger partial charge on any atom is 0.234 e. The van der Waals surface area contributed by atoms with Crippen molar-refractivity contribution in [2.45, 2.75) is 25.4 Å². The van der Waals surface area contributed by atoms with Gasteiger partial charge in [-0.2, -0.15) is 0 Å². The molecule has 3 N–H and O–H groups in total. The summed E-state index contributed by atoms with van der Waals surface area (Å²) in [6, 6.07) is 6.00. The summed E-state index contributed by atoms with van der Waals surface area (Å²) < 4.78 is 10.6. The van der Waals surface area contributed by atoms with E-state index in [0.717, 1.165) is 43.0 Å². The van der Waals surface area contributed by atoms with Gasteiger partial charge in [-0.1, -0.05) is 6.07 Å². The molecular formula is C15H21N3O3. The molecule has 0 spiro atoms. The number of nitrogens with two attached hydrogens (primary N) is 1. The van der Waals surface area contributed by atoms with Crippen molar-refractivity contribution in [2.75, 3.05) is 26.4 Å². The number of nitrogens with one attached hydrogen (secondary N) is 1. The van der Waals surface area contributed by atoms with Crippen molar-refractivity contribution in [1.82, 2.24) is 10.2 Å². The minimum absolute atomic E-state index is 0.0446. The third-order valence-corrected chi connectivity index (χ3v) is 3.93. The molecule has 2 heterocycles. The first-order chi connectivity index (χ1) is 10.2. The third kappa shape index (κ3) is 3.65. The predicted molar refractivity (Wildman–Crippen MR) is 78.1 cm³/mol. The van der Waals surface area contributed by atoms with Crippen molar-refractivity contribution in [2.24, 2.45) is 5.73 Å². The third-order valence-electron chi connectivity index (χ3n) is 3.93. The highest BCUT2D eigenvalue weighted by Gasteiger charge is 2.18. The fraction of sp³-hybridized carbons (Fsp3) is 0.533. The number of benzene rings is 1. The number of hydrogen-bond acceptors (Lipinski definition) is 5. The average Bonchev–Trinajstić information content (AvgIpc) is 2.95. The molecule has 114 valence electrons. The second kappa shape index (κ2) is 6.32. The van der Waals surface area contributed by atoms with E-state index in [9.17, 15) is 4.79 Å². The Morgan fingerprint density at radius 1 is 1.29 bits per heavy atom. The highest BCUT2D eigenvalue weighted by atomic mass is 16.7. The molecule has 1 aromatic rings. The zero-order chi connectivity index (χ0) is 14.7. The summed E-state index contributed by atoms with van der Waals surface area (Å²) in [6.07, 6.45) is 1.94. The van der Waals surface area contributed by atoms with Gasteiger partial charge in [0.15, 0.2) is 11.5 Å². The summed E-state index contributed by atoms with van der Waals surface area (Å²) in [5, 5.41) is 2.94. The van der Waals surface area contributed by atoms with E-state index >= 15 is 0 Å². The first-order valence-corrected chi connectivity index (χ1v) is 7.34. The average molecular weight is 291 g/mol. The molecule has 0 unspecified atom stereocenters. The topological polar surface area (TPSA) is 76.8 Å². The summed E-state index contributed by atoms with van der Waals surface area (Å²) in [6.45, 7) is 3.01. The molecule has 6 nitrogen and oxygen atoms in total. The number of amides is 1. The van der Waals surface area contributed by atoms with Gasteiger partial charge in [0.2, 0.25) is 12.7 Å². The summed E-state index contributed by atoms with van der Waals surface area (Å²) in [5.41, 5.74) is 6.87. The number of ether oxygens (including phenoxy) is 2. The van der Waals surface area contributed by atoms with Crippen LogP contribution in [0.25, 0.3) is 0 Å². The van der Waals surface area contributed by atoms with E-state index in [0.29, 0.717) is 13.1 Å². The summed E-state index contributed by atoms with van der Waals surface area (Å²) >= 11 is 0. The minimum atomic E-state index is 0.0446. The van der Waals surface area contributed by atoms with Gasteiger partial charge in [-0.05, 0) is 30.5 Å². The number of rotatable bonds is 4. The van der Waals surface area contributed by atoms with Crippen molar-refractivity contribution >= 4 is 5.91 Å². The van der Waals surface area contributed by atoms with Crippen LogP contribution in [0.2, 0.25) is 0 Å². The van der Waals surface area contributed by atoms with Crippen LogP contribution in [-0.2, 0) is 11.3 Å². The normalized spacial score (nSPS) is 18.7. The quantitative estimate of drug-likeness (QED) is 0.842. The molecule has 1 fully saturated rings. The molecular weight excluding hydrogens is 270 g/mol. The molecule has 1 amide bonds. The number of fused-ring (bicyclic) bond motifs is 1. The number of piperidine rings is 1.